The summed E-state index contributed by atoms with van der Waals surface area (Å²) in [5.41, 5.74) is 6.58. The largest absolute Gasteiger partial charge is 0.382 e. The van der Waals surface area contributed by atoms with Crippen LogP contribution in [0.15, 0.2) is 18.7 Å². The molecule has 0 heterocycles. The fourth-order valence-corrected chi connectivity index (χ4v) is 3.17. The van der Waals surface area contributed by atoms with Crippen LogP contribution in [0.3, 0.4) is 0 Å². The zero-order chi connectivity index (χ0) is 13.8. The Morgan fingerprint density at radius 2 is 1.84 bits per heavy atom. The van der Waals surface area contributed by atoms with Crippen LogP contribution in [-0.2, 0) is 6.42 Å². The lowest BCUT2D eigenvalue weighted by molar-refractivity contribution is 0.409. The van der Waals surface area contributed by atoms with Crippen molar-refractivity contribution < 1.29 is 0 Å². The molecule has 0 aromatic heterocycles. The van der Waals surface area contributed by atoms with E-state index >= 15 is 0 Å². The van der Waals surface area contributed by atoms with Crippen molar-refractivity contribution in [3.8, 4) is 0 Å². The van der Waals surface area contributed by atoms with Crippen LogP contribution < -0.4 is 5.32 Å². The molecule has 0 saturated heterocycles. The Balaban J connectivity index is 2.13. The van der Waals surface area contributed by atoms with Crippen LogP contribution in [0.25, 0.3) is 5.70 Å². The van der Waals surface area contributed by atoms with Gasteiger partial charge in [0.25, 0.3) is 0 Å². The molecule has 19 heavy (non-hydrogen) atoms. The average Bonchev–Trinajstić information content (AvgIpc) is 2.40. The van der Waals surface area contributed by atoms with E-state index in [-0.39, 0.29) is 0 Å². The van der Waals surface area contributed by atoms with Crippen molar-refractivity contribution in [1.82, 2.24) is 5.32 Å². The lowest BCUT2D eigenvalue weighted by Crippen LogP contribution is -2.29. The number of hydrogen-bond acceptors (Lipinski definition) is 1. The molecular formula is C18H27N. The highest BCUT2D eigenvalue weighted by atomic mass is 14.9. The molecule has 0 amide bonds. The summed E-state index contributed by atoms with van der Waals surface area (Å²) >= 11 is 0. The first-order valence-electron chi connectivity index (χ1n) is 7.67. The van der Waals surface area contributed by atoms with Gasteiger partial charge in [0.05, 0.1) is 0 Å². The highest BCUT2D eigenvalue weighted by molar-refractivity contribution is 5.66. The maximum atomic E-state index is 4.27. The molecule has 0 atom stereocenters. The van der Waals surface area contributed by atoms with Gasteiger partial charge in [-0.2, -0.15) is 0 Å². The second-order valence-electron chi connectivity index (χ2n) is 5.90. The van der Waals surface area contributed by atoms with E-state index in [4.69, 9.17) is 0 Å². The molecule has 1 aromatic carbocycles. The van der Waals surface area contributed by atoms with Crippen LogP contribution in [0, 0.1) is 13.8 Å². The van der Waals surface area contributed by atoms with E-state index in [1.165, 1.54) is 54.4 Å². The molecule has 1 nitrogen and oxygen atoms in total. The fourth-order valence-electron chi connectivity index (χ4n) is 3.17. The van der Waals surface area contributed by atoms with Gasteiger partial charge in [0.1, 0.15) is 0 Å². The van der Waals surface area contributed by atoms with Gasteiger partial charge in [-0.15, -0.1) is 0 Å². The van der Waals surface area contributed by atoms with Gasteiger partial charge in [0.2, 0.25) is 0 Å². The van der Waals surface area contributed by atoms with Gasteiger partial charge in [-0.05, 0) is 55.9 Å². The molecule has 0 bridgehead atoms. The van der Waals surface area contributed by atoms with Gasteiger partial charge in [-0.3, -0.25) is 0 Å². The standard InChI is InChI=1S/C18H27N/c1-5-16-12-18(14(3)11-13(16)2)15(4)19-17-9-7-6-8-10-17/h11-12,17,19H,4-10H2,1-3H3. The predicted molar refractivity (Wildman–Crippen MR) is 84.3 cm³/mol. The zero-order valence-electron chi connectivity index (χ0n) is 12.7. The van der Waals surface area contributed by atoms with Crippen LogP contribution in [0.1, 0.15) is 61.3 Å². The third kappa shape index (κ3) is 3.40. The molecule has 0 spiro atoms. The summed E-state index contributed by atoms with van der Waals surface area (Å²) in [6.07, 6.45) is 7.80. The van der Waals surface area contributed by atoms with Crippen LogP contribution in [0.4, 0.5) is 0 Å². The first-order valence-corrected chi connectivity index (χ1v) is 7.67. The molecule has 0 aliphatic heterocycles. The zero-order valence-corrected chi connectivity index (χ0v) is 12.7. The van der Waals surface area contributed by atoms with Crippen LogP contribution in [0.5, 0.6) is 0 Å². The van der Waals surface area contributed by atoms with Gasteiger partial charge >= 0.3 is 0 Å². The quantitative estimate of drug-likeness (QED) is 0.820. The second-order valence-corrected chi connectivity index (χ2v) is 5.90. The van der Waals surface area contributed by atoms with E-state index in [0.29, 0.717) is 6.04 Å². The third-order valence-electron chi connectivity index (χ3n) is 4.37. The summed E-state index contributed by atoms with van der Waals surface area (Å²) in [4.78, 5) is 0. The molecular weight excluding hydrogens is 230 g/mol. The monoisotopic (exact) mass is 257 g/mol. The predicted octanol–water partition coefficient (Wildman–Crippen LogP) is 4.76. The molecule has 1 aromatic rings. The molecule has 0 unspecified atom stereocenters. The Hall–Kier alpha value is -1.24. The van der Waals surface area contributed by atoms with Crippen molar-refractivity contribution in [1.29, 1.82) is 0 Å². The van der Waals surface area contributed by atoms with E-state index in [1.54, 1.807) is 0 Å². The Morgan fingerprint density at radius 3 is 2.47 bits per heavy atom. The number of hydrogen-bond donors (Lipinski definition) is 1. The average molecular weight is 257 g/mol. The highest BCUT2D eigenvalue weighted by Crippen LogP contribution is 2.24. The molecule has 104 valence electrons. The van der Waals surface area contributed by atoms with Crippen LogP contribution in [-0.4, -0.2) is 6.04 Å². The Morgan fingerprint density at radius 1 is 1.16 bits per heavy atom. The molecule has 1 aliphatic rings. The Labute approximate surface area is 118 Å². The minimum Gasteiger partial charge on any atom is -0.382 e. The molecule has 1 heteroatoms. The van der Waals surface area contributed by atoms with Crippen molar-refractivity contribution in [3.63, 3.8) is 0 Å². The highest BCUT2D eigenvalue weighted by Gasteiger charge is 2.15. The van der Waals surface area contributed by atoms with E-state index in [1.807, 2.05) is 0 Å². The maximum absolute atomic E-state index is 4.27. The summed E-state index contributed by atoms with van der Waals surface area (Å²) < 4.78 is 0. The molecule has 1 aliphatic carbocycles. The van der Waals surface area contributed by atoms with Crippen LogP contribution in [0.2, 0.25) is 0 Å². The molecule has 1 N–H and O–H groups in total. The number of nitrogens with one attached hydrogen (secondary N) is 1. The lowest BCUT2D eigenvalue weighted by Gasteiger charge is -2.26. The minimum absolute atomic E-state index is 0.632. The summed E-state index contributed by atoms with van der Waals surface area (Å²) in [6, 6.07) is 5.25. The van der Waals surface area contributed by atoms with Crippen molar-refractivity contribution in [2.75, 3.05) is 0 Å². The van der Waals surface area contributed by atoms with E-state index in [2.05, 4.69) is 44.8 Å². The van der Waals surface area contributed by atoms with Gasteiger partial charge in [0.15, 0.2) is 0 Å². The SMILES string of the molecule is C=C(NC1CCCCC1)c1cc(CC)c(C)cc1C. The number of aryl methyl sites for hydroxylation is 3. The number of rotatable bonds is 4. The Kier molecular flexibility index (Phi) is 4.68. The third-order valence-corrected chi connectivity index (χ3v) is 4.37. The van der Waals surface area contributed by atoms with Crippen molar-refractivity contribution in [3.05, 3.63) is 41.0 Å². The van der Waals surface area contributed by atoms with Gasteiger partial charge in [-0.25, -0.2) is 0 Å². The minimum atomic E-state index is 0.632. The summed E-state index contributed by atoms with van der Waals surface area (Å²) in [5, 5.41) is 3.65. The molecule has 1 fully saturated rings. The van der Waals surface area contributed by atoms with E-state index in [0.717, 1.165) is 12.1 Å². The molecule has 1 saturated carbocycles. The second kappa shape index (κ2) is 6.27. The summed E-state index contributed by atoms with van der Waals surface area (Å²) in [6.45, 7) is 10.9. The normalized spacial score (nSPS) is 16.4. The smallest absolute Gasteiger partial charge is 0.0345 e. The molecule has 0 radical (unpaired) electrons. The Bertz CT molecular complexity index is 453. The maximum Gasteiger partial charge on any atom is 0.0345 e. The lowest BCUT2D eigenvalue weighted by atomic mass is 9.93. The first-order chi connectivity index (χ1) is 9.11. The fraction of sp³-hybridized carbons (Fsp3) is 0.556. The first kappa shape index (κ1) is 14.2. The van der Waals surface area contributed by atoms with Gasteiger partial charge in [-0.1, -0.05) is 38.8 Å². The van der Waals surface area contributed by atoms with Gasteiger partial charge in [0, 0.05) is 17.3 Å². The summed E-state index contributed by atoms with van der Waals surface area (Å²) in [5.74, 6) is 0. The van der Waals surface area contributed by atoms with Gasteiger partial charge < -0.3 is 5.32 Å². The topological polar surface area (TPSA) is 12.0 Å². The van der Waals surface area contributed by atoms with Crippen molar-refractivity contribution in [2.45, 2.75) is 65.3 Å². The van der Waals surface area contributed by atoms with Crippen molar-refractivity contribution >= 4 is 5.70 Å². The number of benzene rings is 1. The van der Waals surface area contributed by atoms with Crippen molar-refractivity contribution in [2.24, 2.45) is 0 Å². The van der Waals surface area contributed by atoms with Crippen LogP contribution >= 0.6 is 0 Å². The van der Waals surface area contributed by atoms with E-state index < -0.39 is 0 Å². The van der Waals surface area contributed by atoms with E-state index in [9.17, 15) is 0 Å². The summed E-state index contributed by atoms with van der Waals surface area (Å²) in [7, 11) is 0. The molecule has 2 rings (SSSR count).